The summed E-state index contributed by atoms with van der Waals surface area (Å²) in [4.78, 5) is 16.7. The van der Waals surface area contributed by atoms with Crippen molar-refractivity contribution in [2.24, 2.45) is 0 Å². The van der Waals surface area contributed by atoms with Gasteiger partial charge in [-0.2, -0.15) is 0 Å². The minimum atomic E-state index is -0.176. The summed E-state index contributed by atoms with van der Waals surface area (Å²) in [5.74, 6) is 1.15. The number of nitrogens with one attached hydrogen (secondary N) is 1. The lowest BCUT2D eigenvalue weighted by Gasteiger charge is -2.15. The van der Waals surface area contributed by atoms with Gasteiger partial charge < -0.3 is 14.8 Å². The van der Waals surface area contributed by atoms with E-state index in [4.69, 9.17) is 9.47 Å². The van der Waals surface area contributed by atoms with Crippen LogP contribution >= 0.6 is 15.9 Å². The van der Waals surface area contributed by atoms with Crippen LogP contribution in [-0.2, 0) is 13.2 Å². The zero-order valence-corrected chi connectivity index (χ0v) is 18.0. The Morgan fingerprint density at radius 2 is 1.90 bits per heavy atom. The number of pyridine rings is 1. The Labute approximate surface area is 179 Å². The van der Waals surface area contributed by atoms with Crippen molar-refractivity contribution in [1.82, 2.24) is 10.3 Å². The van der Waals surface area contributed by atoms with Gasteiger partial charge in [0.25, 0.3) is 5.91 Å². The van der Waals surface area contributed by atoms with Crippen LogP contribution < -0.4 is 14.8 Å². The molecule has 0 saturated carbocycles. The number of hydrogen-bond acceptors (Lipinski definition) is 4. The first-order valence-corrected chi connectivity index (χ1v) is 10.2. The number of rotatable bonds is 8. The first-order valence-electron chi connectivity index (χ1n) is 9.36. The molecular formula is C23H23BrN2O3. The van der Waals surface area contributed by atoms with Crippen molar-refractivity contribution in [2.75, 3.05) is 0 Å². The van der Waals surface area contributed by atoms with Crippen LogP contribution in [0, 0.1) is 0 Å². The van der Waals surface area contributed by atoms with Crippen LogP contribution in [0.4, 0.5) is 0 Å². The molecule has 0 aliphatic rings. The van der Waals surface area contributed by atoms with Crippen molar-refractivity contribution in [3.63, 3.8) is 0 Å². The third-order valence-corrected chi connectivity index (χ3v) is 4.55. The minimum Gasteiger partial charge on any atom is -0.490 e. The summed E-state index contributed by atoms with van der Waals surface area (Å²) in [6.45, 7) is 4.74. The molecule has 0 unspecified atom stereocenters. The smallest absolute Gasteiger partial charge is 0.255 e. The standard InChI is InChI=1S/C23H23BrN2O3/c1-16(2)29-22-12-19(24)7-10-21(22)23(27)26-14-17-5-8-20(9-6-17)28-15-18-4-3-11-25-13-18/h3-13,16H,14-15H2,1-2H3,(H,26,27). The highest BCUT2D eigenvalue weighted by Crippen LogP contribution is 2.25. The molecule has 0 bridgehead atoms. The lowest BCUT2D eigenvalue weighted by molar-refractivity contribution is 0.0945. The number of halogens is 1. The van der Waals surface area contributed by atoms with E-state index in [9.17, 15) is 4.79 Å². The van der Waals surface area contributed by atoms with Crippen LogP contribution in [0.5, 0.6) is 11.5 Å². The molecule has 6 heteroatoms. The van der Waals surface area contributed by atoms with Gasteiger partial charge in [0.05, 0.1) is 11.7 Å². The molecule has 1 heterocycles. The monoisotopic (exact) mass is 454 g/mol. The average molecular weight is 455 g/mol. The fraction of sp³-hybridized carbons (Fsp3) is 0.217. The first-order chi connectivity index (χ1) is 14.0. The Hall–Kier alpha value is -2.86. The maximum atomic E-state index is 12.6. The summed E-state index contributed by atoms with van der Waals surface area (Å²) in [5, 5.41) is 2.94. The summed E-state index contributed by atoms with van der Waals surface area (Å²) in [6.07, 6.45) is 3.50. The highest BCUT2D eigenvalue weighted by atomic mass is 79.9. The minimum absolute atomic E-state index is 0.0185. The Kier molecular flexibility index (Phi) is 7.25. The van der Waals surface area contributed by atoms with Gasteiger partial charge in [-0.15, -0.1) is 0 Å². The van der Waals surface area contributed by atoms with Crippen LogP contribution in [0.1, 0.15) is 35.3 Å². The van der Waals surface area contributed by atoms with Crippen molar-refractivity contribution in [1.29, 1.82) is 0 Å². The zero-order valence-electron chi connectivity index (χ0n) is 16.4. The SMILES string of the molecule is CC(C)Oc1cc(Br)ccc1C(=O)NCc1ccc(OCc2cccnc2)cc1. The molecule has 1 aromatic heterocycles. The number of carbonyl (C=O) groups is 1. The van der Waals surface area contributed by atoms with Gasteiger partial charge in [0.2, 0.25) is 0 Å². The quantitative estimate of drug-likeness (QED) is 0.511. The fourth-order valence-electron chi connectivity index (χ4n) is 2.67. The van der Waals surface area contributed by atoms with E-state index in [1.165, 1.54) is 0 Å². The van der Waals surface area contributed by atoms with E-state index in [1.54, 1.807) is 18.5 Å². The van der Waals surface area contributed by atoms with E-state index in [-0.39, 0.29) is 12.0 Å². The number of carbonyl (C=O) groups excluding carboxylic acids is 1. The molecule has 1 N–H and O–H groups in total. The maximum absolute atomic E-state index is 12.6. The topological polar surface area (TPSA) is 60.5 Å². The summed E-state index contributed by atoms with van der Waals surface area (Å²) in [6, 6.07) is 16.9. The van der Waals surface area contributed by atoms with E-state index in [0.29, 0.717) is 24.5 Å². The average Bonchev–Trinajstić information content (AvgIpc) is 2.72. The Bertz CT molecular complexity index is 944. The molecule has 2 aromatic carbocycles. The summed E-state index contributed by atoms with van der Waals surface area (Å²) < 4.78 is 12.4. The van der Waals surface area contributed by atoms with Gasteiger partial charge in [0, 0.05) is 29.0 Å². The van der Waals surface area contributed by atoms with Crippen LogP contribution in [0.25, 0.3) is 0 Å². The summed E-state index contributed by atoms with van der Waals surface area (Å²) >= 11 is 3.42. The van der Waals surface area contributed by atoms with Crippen molar-refractivity contribution in [2.45, 2.75) is 33.1 Å². The van der Waals surface area contributed by atoms with Crippen LogP contribution in [0.2, 0.25) is 0 Å². The van der Waals surface area contributed by atoms with Crippen molar-refractivity contribution < 1.29 is 14.3 Å². The van der Waals surface area contributed by atoms with E-state index in [0.717, 1.165) is 21.3 Å². The third-order valence-electron chi connectivity index (χ3n) is 4.06. The highest BCUT2D eigenvalue weighted by molar-refractivity contribution is 9.10. The van der Waals surface area contributed by atoms with Crippen LogP contribution in [-0.4, -0.2) is 17.0 Å². The second kappa shape index (κ2) is 10.1. The molecule has 29 heavy (non-hydrogen) atoms. The first kappa shape index (κ1) is 20.9. The largest absolute Gasteiger partial charge is 0.490 e. The maximum Gasteiger partial charge on any atom is 0.255 e. The van der Waals surface area contributed by atoms with Gasteiger partial charge >= 0.3 is 0 Å². The fourth-order valence-corrected chi connectivity index (χ4v) is 3.01. The van der Waals surface area contributed by atoms with Crippen molar-refractivity contribution >= 4 is 21.8 Å². The van der Waals surface area contributed by atoms with Crippen molar-refractivity contribution in [3.8, 4) is 11.5 Å². The number of ether oxygens (including phenoxy) is 2. The molecule has 0 fully saturated rings. The molecule has 150 valence electrons. The second-order valence-corrected chi connectivity index (χ2v) is 7.70. The van der Waals surface area contributed by atoms with E-state index < -0.39 is 0 Å². The lowest BCUT2D eigenvalue weighted by atomic mass is 10.1. The van der Waals surface area contributed by atoms with E-state index >= 15 is 0 Å². The number of benzene rings is 2. The van der Waals surface area contributed by atoms with Gasteiger partial charge in [-0.05, 0) is 55.8 Å². The molecule has 0 spiro atoms. The Morgan fingerprint density at radius 3 is 2.59 bits per heavy atom. The predicted molar refractivity (Wildman–Crippen MR) is 116 cm³/mol. The Morgan fingerprint density at radius 1 is 1.10 bits per heavy atom. The number of nitrogens with zero attached hydrogens (tertiary/aromatic N) is 1. The van der Waals surface area contributed by atoms with Gasteiger partial charge in [0.1, 0.15) is 18.1 Å². The number of hydrogen-bond donors (Lipinski definition) is 1. The van der Waals surface area contributed by atoms with Gasteiger partial charge in [-0.3, -0.25) is 9.78 Å². The van der Waals surface area contributed by atoms with Crippen LogP contribution in [0.3, 0.4) is 0 Å². The third kappa shape index (κ3) is 6.32. The lowest BCUT2D eigenvalue weighted by Crippen LogP contribution is -2.24. The highest BCUT2D eigenvalue weighted by Gasteiger charge is 2.14. The van der Waals surface area contributed by atoms with Gasteiger partial charge in [-0.25, -0.2) is 0 Å². The molecule has 0 aliphatic heterocycles. The molecule has 0 atom stereocenters. The molecule has 1 amide bonds. The normalized spacial score (nSPS) is 10.6. The molecular weight excluding hydrogens is 432 g/mol. The zero-order chi connectivity index (χ0) is 20.6. The molecule has 3 rings (SSSR count). The van der Waals surface area contributed by atoms with Gasteiger partial charge in [-0.1, -0.05) is 34.1 Å². The Balaban J connectivity index is 1.56. The second-order valence-electron chi connectivity index (χ2n) is 6.78. The van der Waals surface area contributed by atoms with Crippen LogP contribution in [0.15, 0.2) is 71.5 Å². The number of aromatic nitrogens is 1. The van der Waals surface area contributed by atoms with E-state index in [2.05, 4.69) is 26.2 Å². The molecule has 3 aromatic rings. The molecule has 0 aliphatic carbocycles. The molecule has 0 radical (unpaired) electrons. The van der Waals surface area contributed by atoms with Gasteiger partial charge in [0.15, 0.2) is 0 Å². The predicted octanol–water partition coefficient (Wildman–Crippen LogP) is 5.14. The summed E-state index contributed by atoms with van der Waals surface area (Å²) in [5.41, 5.74) is 2.51. The number of amides is 1. The molecule has 0 saturated heterocycles. The summed E-state index contributed by atoms with van der Waals surface area (Å²) in [7, 11) is 0. The molecule has 5 nitrogen and oxygen atoms in total. The van der Waals surface area contributed by atoms with E-state index in [1.807, 2.05) is 62.4 Å². The van der Waals surface area contributed by atoms with Crippen molar-refractivity contribution in [3.05, 3.63) is 88.2 Å².